The third kappa shape index (κ3) is 1.93. The zero-order valence-electron chi connectivity index (χ0n) is 5.60. The Morgan fingerprint density at radius 3 is 2.73 bits per heavy atom. The second-order valence-electron chi connectivity index (χ2n) is 2.02. The van der Waals surface area contributed by atoms with Gasteiger partial charge in [-0.3, -0.25) is 4.98 Å². The van der Waals surface area contributed by atoms with Gasteiger partial charge in [0.05, 0.1) is 0 Å². The van der Waals surface area contributed by atoms with E-state index < -0.39 is 13.1 Å². The predicted octanol–water partition coefficient (Wildman–Crippen LogP) is 2.49. The van der Waals surface area contributed by atoms with Crippen molar-refractivity contribution in [3.63, 3.8) is 0 Å². The molecule has 0 saturated carbocycles. The maximum atomic E-state index is 11.9. The second kappa shape index (κ2) is 3.37. The van der Waals surface area contributed by atoms with Gasteiger partial charge in [-0.05, 0) is 17.7 Å². The summed E-state index contributed by atoms with van der Waals surface area (Å²) in [4.78, 5) is 3.37. The molecule has 0 N–H and O–H groups in total. The van der Waals surface area contributed by atoms with Crippen LogP contribution in [0.2, 0.25) is 0 Å². The number of nitrogens with zero attached hydrogens (tertiary/aromatic N) is 1. The van der Waals surface area contributed by atoms with E-state index in [0.29, 0.717) is 0 Å². The molecule has 60 valence electrons. The number of alkyl halides is 3. The van der Waals surface area contributed by atoms with Gasteiger partial charge in [-0.15, -0.1) is 0 Å². The molecule has 11 heavy (non-hydrogen) atoms. The minimum Gasteiger partial charge on any atom is -0.255 e. The normalized spacial score (nSPS) is 10.5. The van der Waals surface area contributed by atoms with Crippen molar-refractivity contribution in [2.24, 2.45) is 0 Å². The van der Waals surface area contributed by atoms with Crippen LogP contribution in [0.1, 0.15) is 17.7 Å². The first-order valence-corrected chi connectivity index (χ1v) is 3.03. The number of aromatic nitrogens is 1. The molecule has 0 aliphatic heterocycles. The second-order valence-corrected chi connectivity index (χ2v) is 2.02. The molecule has 0 unspecified atom stereocenters. The van der Waals surface area contributed by atoms with Gasteiger partial charge in [0, 0.05) is 6.20 Å². The molecule has 0 aliphatic carbocycles. The third-order valence-electron chi connectivity index (χ3n) is 1.22. The van der Waals surface area contributed by atoms with Crippen molar-refractivity contribution in [1.29, 1.82) is 0 Å². The highest BCUT2D eigenvalue weighted by Gasteiger charge is 2.07. The molecule has 0 fully saturated rings. The van der Waals surface area contributed by atoms with E-state index in [1.807, 2.05) is 0 Å². The number of halogens is 3. The molecule has 0 radical (unpaired) electrons. The molecular formula is C7H6F3N. The van der Waals surface area contributed by atoms with Crippen molar-refractivity contribution >= 4 is 0 Å². The number of rotatable bonds is 2. The Kier molecular flexibility index (Phi) is 2.46. The van der Waals surface area contributed by atoms with E-state index >= 15 is 0 Å². The van der Waals surface area contributed by atoms with Crippen molar-refractivity contribution < 1.29 is 13.2 Å². The van der Waals surface area contributed by atoms with Gasteiger partial charge in [-0.2, -0.15) is 0 Å². The molecule has 0 atom stereocenters. The van der Waals surface area contributed by atoms with E-state index in [0.717, 1.165) is 6.07 Å². The van der Waals surface area contributed by atoms with Gasteiger partial charge in [-0.1, -0.05) is 0 Å². The lowest BCUT2D eigenvalue weighted by Gasteiger charge is -1.98. The topological polar surface area (TPSA) is 12.9 Å². The Morgan fingerprint density at radius 2 is 2.18 bits per heavy atom. The summed E-state index contributed by atoms with van der Waals surface area (Å²) in [7, 11) is 0. The number of pyridine rings is 1. The van der Waals surface area contributed by atoms with Crippen molar-refractivity contribution in [3.05, 3.63) is 29.6 Å². The summed E-state index contributed by atoms with van der Waals surface area (Å²) in [6.45, 7) is -0.734. The molecule has 0 aliphatic rings. The lowest BCUT2D eigenvalue weighted by molar-refractivity contribution is 0.146. The van der Waals surface area contributed by atoms with E-state index in [1.165, 1.54) is 12.3 Å². The molecule has 1 nitrogen and oxygen atoms in total. The minimum atomic E-state index is -2.62. The quantitative estimate of drug-likeness (QED) is 0.649. The first-order valence-electron chi connectivity index (χ1n) is 3.03. The van der Waals surface area contributed by atoms with Gasteiger partial charge in [-0.25, -0.2) is 13.2 Å². The zero-order chi connectivity index (χ0) is 8.27. The molecule has 1 rings (SSSR count). The Morgan fingerprint density at radius 1 is 1.45 bits per heavy atom. The summed E-state index contributed by atoms with van der Waals surface area (Å²) in [5.41, 5.74) is -0.143. The Balaban J connectivity index is 2.91. The number of hydrogen-bond donors (Lipinski definition) is 0. The lowest BCUT2D eigenvalue weighted by atomic mass is 10.2. The molecule has 0 spiro atoms. The molecule has 0 aromatic carbocycles. The van der Waals surface area contributed by atoms with Gasteiger partial charge in [0.2, 0.25) is 0 Å². The Hall–Kier alpha value is -1.06. The highest BCUT2D eigenvalue weighted by Crippen LogP contribution is 2.16. The van der Waals surface area contributed by atoms with Gasteiger partial charge < -0.3 is 0 Å². The first-order chi connectivity index (χ1) is 5.24. The molecule has 0 amide bonds. The van der Waals surface area contributed by atoms with Crippen molar-refractivity contribution in [2.45, 2.75) is 13.1 Å². The van der Waals surface area contributed by atoms with E-state index in [9.17, 15) is 13.2 Å². The molecular weight excluding hydrogens is 155 g/mol. The Bertz CT molecular complexity index is 237. The lowest BCUT2D eigenvalue weighted by Crippen LogP contribution is -1.90. The molecule has 1 aromatic rings. The fraction of sp³-hybridized carbons (Fsp3) is 0.286. The fourth-order valence-electron chi connectivity index (χ4n) is 0.697. The Labute approximate surface area is 61.9 Å². The van der Waals surface area contributed by atoms with Crippen LogP contribution in [0.25, 0.3) is 0 Å². The summed E-state index contributed by atoms with van der Waals surface area (Å²) in [6.07, 6.45) is -1.45. The van der Waals surface area contributed by atoms with Crippen LogP contribution in [-0.2, 0) is 6.67 Å². The third-order valence-corrected chi connectivity index (χ3v) is 1.22. The van der Waals surface area contributed by atoms with Crippen LogP contribution in [0.4, 0.5) is 13.2 Å². The van der Waals surface area contributed by atoms with Crippen LogP contribution in [0.5, 0.6) is 0 Å². The van der Waals surface area contributed by atoms with Crippen LogP contribution >= 0.6 is 0 Å². The van der Waals surface area contributed by atoms with Crippen LogP contribution in [0.3, 0.4) is 0 Å². The maximum absolute atomic E-state index is 11.9. The summed E-state index contributed by atoms with van der Waals surface area (Å²) in [5, 5.41) is 0. The molecule has 1 heterocycles. The van der Waals surface area contributed by atoms with Crippen molar-refractivity contribution in [3.8, 4) is 0 Å². The molecule has 4 heteroatoms. The van der Waals surface area contributed by atoms with Crippen LogP contribution in [0.15, 0.2) is 18.3 Å². The molecule has 1 aromatic heterocycles. The van der Waals surface area contributed by atoms with Gasteiger partial charge in [0.25, 0.3) is 6.43 Å². The largest absolute Gasteiger partial charge is 0.280 e. The SMILES string of the molecule is FCc1ccnc(C(F)F)c1. The van der Waals surface area contributed by atoms with Crippen molar-refractivity contribution in [2.75, 3.05) is 0 Å². The van der Waals surface area contributed by atoms with Crippen LogP contribution < -0.4 is 0 Å². The summed E-state index contributed by atoms with van der Waals surface area (Å²) < 4.78 is 35.7. The van der Waals surface area contributed by atoms with Gasteiger partial charge in [0.15, 0.2) is 0 Å². The minimum absolute atomic E-state index is 0.232. The zero-order valence-corrected chi connectivity index (χ0v) is 5.60. The summed E-state index contributed by atoms with van der Waals surface area (Å²) in [5.74, 6) is 0. The average Bonchev–Trinajstić information content (AvgIpc) is 2.05. The van der Waals surface area contributed by atoms with Gasteiger partial charge in [0.1, 0.15) is 12.4 Å². The van der Waals surface area contributed by atoms with E-state index in [-0.39, 0.29) is 11.3 Å². The van der Waals surface area contributed by atoms with E-state index in [4.69, 9.17) is 0 Å². The molecule has 0 saturated heterocycles. The van der Waals surface area contributed by atoms with Crippen LogP contribution in [-0.4, -0.2) is 4.98 Å². The maximum Gasteiger partial charge on any atom is 0.280 e. The predicted molar refractivity (Wildman–Crippen MR) is 34.0 cm³/mol. The highest BCUT2D eigenvalue weighted by atomic mass is 19.3. The summed E-state index contributed by atoms with van der Waals surface area (Å²) >= 11 is 0. The average molecular weight is 161 g/mol. The van der Waals surface area contributed by atoms with Crippen molar-refractivity contribution in [1.82, 2.24) is 4.98 Å². The standard InChI is InChI=1S/C7H6F3N/c8-4-5-1-2-11-6(3-5)7(9)10/h1-3,7H,4H2. The molecule has 0 bridgehead atoms. The fourth-order valence-corrected chi connectivity index (χ4v) is 0.697. The summed E-state index contributed by atoms with van der Waals surface area (Å²) in [6, 6.07) is 2.43. The number of hydrogen-bond acceptors (Lipinski definition) is 1. The van der Waals surface area contributed by atoms with Gasteiger partial charge >= 0.3 is 0 Å². The monoisotopic (exact) mass is 161 g/mol. The van der Waals surface area contributed by atoms with E-state index in [2.05, 4.69) is 4.98 Å². The highest BCUT2D eigenvalue weighted by molar-refractivity contribution is 5.15. The van der Waals surface area contributed by atoms with Crippen LogP contribution in [0, 0.1) is 0 Å². The smallest absolute Gasteiger partial charge is 0.255 e. The first kappa shape index (κ1) is 8.04. The van der Waals surface area contributed by atoms with E-state index in [1.54, 1.807) is 0 Å².